The molecule has 8 nitrogen and oxygen atoms in total. The van der Waals surface area contributed by atoms with Gasteiger partial charge in [-0.3, -0.25) is 9.59 Å². The molecule has 190 valence electrons. The van der Waals surface area contributed by atoms with Crippen molar-refractivity contribution in [1.82, 2.24) is 10.2 Å². The van der Waals surface area contributed by atoms with E-state index in [4.69, 9.17) is 14.2 Å². The van der Waals surface area contributed by atoms with Crippen molar-refractivity contribution >= 4 is 11.8 Å². The van der Waals surface area contributed by atoms with E-state index in [1.807, 2.05) is 27.7 Å². The number of benzene rings is 2. The highest BCUT2D eigenvalue weighted by atomic mass is 16.5. The summed E-state index contributed by atoms with van der Waals surface area (Å²) in [6.45, 7) is 8.63. The fourth-order valence-corrected chi connectivity index (χ4v) is 4.05. The predicted molar refractivity (Wildman–Crippen MR) is 133 cm³/mol. The molecule has 1 aliphatic rings. The van der Waals surface area contributed by atoms with E-state index < -0.39 is 0 Å². The maximum atomic E-state index is 13.3. The second-order valence-electron chi connectivity index (χ2n) is 9.29. The molecule has 0 unspecified atom stereocenters. The van der Waals surface area contributed by atoms with Crippen molar-refractivity contribution in [2.24, 2.45) is 0 Å². The third-order valence-electron chi connectivity index (χ3n) is 5.63. The summed E-state index contributed by atoms with van der Waals surface area (Å²) in [5.74, 6) is 1.41. The first-order chi connectivity index (χ1) is 16.7. The Morgan fingerprint density at radius 2 is 1.49 bits per heavy atom. The van der Waals surface area contributed by atoms with E-state index >= 15 is 0 Å². The number of methoxy groups -OCH3 is 1. The van der Waals surface area contributed by atoms with Crippen LogP contribution in [0.4, 0.5) is 0 Å². The molecule has 0 aliphatic carbocycles. The highest BCUT2D eigenvalue weighted by molar-refractivity contribution is 5.96. The highest BCUT2D eigenvalue weighted by Crippen LogP contribution is 2.27. The van der Waals surface area contributed by atoms with Gasteiger partial charge < -0.3 is 29.5 Å². The first-order valence-corrected chi connectivity index (χ1v) is 12.1. The summed E-state index contributed by atoms with van der Waals surface area (Å²) in [4.78, 5) is 27.8. The number of carbonyl (C=O) groups excluding carboxylic acids is 2. The van der Waals surface area contributed by atoms with Crippen LogP contribution in [0.5, 0.6) is 17.2 Å². The van der Waals surface area contributed by atoms with Gasteiger partial charge in [0.05, 0.1) is 25.9 Å². The number of carbonyl (C=O) groups is 2. The van der Waals surface area contributed by atoms with Gasteiger partial charge >= 0.3 is 0 Å². The summed E-state index contributed by atoms with van der Waals surface area (Å²) in [5, 5.41) is 12.5. The third kappa shape index (κ3) is 7.36. The van der Waals surface area contributed by atoms with E-state index in [1.165, 1.54) is 7.11 Å². The van der Waals surface area contributed by atoms with Crippen LogP contribution in [0.15, 0.2) is 36.4 Å². The molecule has 35 heavy (non-hydrogen) atoms. The Morgan fingerprint density at radius 3 is 2.00 bits per heavy atom. The van der Waals surface area contributed by atoms with Crippen LogP contribution in [0, 0.1) is 0 Å². The Kier molecular flexibility index (Phi) is 8.98. The molecule has 2 aromatic carbocycles. The number of rotatable bonds is 9. The topological polar surface area (TPSA) is 97.3 Å². The smallest absolute Gasteiger partial charge is 0.254 e. The van der Waals surface area contributed by atoms with E-state index in [9.17, 15) is 14.7 Å². The van der Waals surface area contributed by atoms with E-state index in [1.54, 1.807) is 41.3 Å². The minimum atomic E-state index is -0.225. The van der Waals surface area contributed by atoms with Gasteiger partial charge in [-0.15, -0.1) is 0 Å². The number of hydrogen-bond donors (Lipinski definition) is 2. The van der Waals surface area contributed by atoms with Gasteiger partial charge in [0.15, 0.2) is 0 Å². The Balaban J connectivity index is 1.64. The van der Waals surface area contributed by atoms with Gasteiger partial charge in [-0.2, -0.15) is 0 Å². The number of likely N-dealkylation sites (tertiary alicyclic amines) is 1. The minimum Gasteiger partial charge on any atom is -0.497 e. The SMILES string of the molecule is COc1cc(CO)cc(C(=O)NC2CCN(C(=O)c3cc(OC(C)C)cc(OC(C)C)c3)CC2)c1. The van der Waals surface area contributed by atoms with Crippen molar-refractivity contribution in [2.45, 2.75) is 65.4 Å². The Hall–Kier alpha value is -3.26. The van der Waals surface area contributed by atoms with Crippen LogP contribution in [0.1, 0.15) is 66.8 Å². The van der Waals surface area contributed by atoms with Crippen LogP contribution < -0.4 is 19.5 Å². The fraction of sp³-hybridized carbons (Fsp3) is 0.481. The number of aliphatic hydroxyl groups excluding tert-OH is 1. The van der Waals surface area contributed by atoms with Gasteiger partial charge in [0.25, 0.3) is 11.8 Å². The quantitative estimate of drug-likeness (QED) is 0.562. The van der Waals surface area contributed by atoms with Crippen molar-refractivity contribution < 1.29 is 28.9 Å². The third-order valence-corrected chi connectivity index (χ3v) is 5.63. The van der Waals surface area contributed by atoms with Crippen LogP contribution >= 0.6 is 0 Å². The molecule has 1 fully saturated rings. The first kappa shape index (κ1) is 26.3. The van der Waals surface area contributed by atoms with Crippen molar-refractivity contribution in [3.8, 4) is 17.2 Å². The van der Waals surface area contributed by atoms with Gasteiger partial charge in [0.1, 0.15) is 17.2 Å². The molecule has 0 aromatic heterocycles. The first-order valence-electron chi connectivity index (χ1n) is 12.1. The Bertz CT molecular complexity index is 978. The standard InChI is InChI=1S/C27H36N2O6/c1-17(2)34-24-13-21(14-25(15-24)35-18(3)4)27(32)29-8-6-22(7-9-29)28-26(31)20-10-19(16-30)11-23(12-20)33-5/h10-15,17-18,22,30H,6-9,16H2,1-5H3,(H,28,31). The van der Waals surface area contributed by atoms with E-state index in [2.05, 4.69) is 5.32 Å². The molecular formula is C27H36N2O6. The molecule has 8 heteroatoms. The van der Waals surface area contributed by atoms with Crippen LogP contribution in [-0.2, 0) is 6.61 Å². The van der Waals surface area contributed by atoms with Crippen molar-refractivity contribution in [2.75, 3.05) is 20.2 Å². The van der Waals surface area contributed by atoms with Crippen LogP contribution in [0.3, 0.4) is 0 Å². The summed E-state index contributed by atoms with van der Waals surface area (Å²) < 4.78 is 16.9. The molecular weight excluding hydrogens is 448 g/mol. The molecule has 2 aromatic rings. The summed E-state index contributed by atoms with van der Waals surface area (Å²) in [7, 11) is 1.52. The Labute approximate surface area is 207 Å². The summed E-state index contributed by atoms with van der Waals surface area (Å²) in [6.07, 6.45) is 1.24. The molecule has 0 radical (unpaired) electrons. The van der Waals surface area contributed by atoms with Crippen molar-refractivity contribution in [3.05, 3.63) is 53.1 Å². The lowest BCUT2D eigenvalue weighted by atomic mass is 10.0. The number of hydrogen-bond acceptors (Lipinski definition) is 6. The zero-order valence-electron chi connectivity index (χ0n) is 21.2. The lowest BCUT2D eigenvalue weighted by molar-refractivity contribution is 0.0696. The molecule has 0 spiro atoms. The minimum absolute atomic E-state index is 0.0235. The average molecular weight is 485 g/mol. The average Bonchev–Trinajstić information content (AvgIpc) is 2.82. The lowest BCUT2D eigenvalue weighted by Gasteiger charge is -2.32. The molecule has 3 rings (SSSR count). The number of nitrogens with zero attached hydrogens (tertiary/aromatic N) is 1. The number of amides is 2. The highest BCUT2D eigenvalue weighted by Gasteiger charge is 2.26. The molecule has 0 bridgehead atoms. The van der Waals surface area contributed by atoms with Gasteiger partial charge in [0.2, 0.25) is 0 Å². The summed E-state index contributed by atoms with van der Waals surface area (Å²) in [5.41, 5.74) is 1.57. The molecule has 0 saturated carbocycles. The molecule has 0 atom stereocenters. The van der Waals surface area contributed by atoms with E-state index in [0.717, 1.165) is 0 Å². The number of nitrogens with one attached hydrogen (secondary N) is 1. The maximum absolute atomic E-state index is 13.3. The molecule has 1 aliphatic heterocycles. The van der Waals surface area contributed by atoms with Crippen LogP contribution in [0.2, 0.25) is 0 Å². The van der Waals surface area contributed by atoms with Crippen LogP contribution in [-0.4, -0.2) is 60.3 Å². The van der Waals surface area contributed by atoms with Gasteiger partial charge in [-0.25, -0.2) is 0 Å². The zero-order valence-corrected chi connectivity index (χ0v) is 21.2. The zero-order chi connectivity index (χ0) is 25.5. The van der Waals surface area contributed by atoms with Crippen LogP contribution in [0.25, 0.3) is 0 Å². The van der Waals surface area contributed by atoms with Crippen molar-refractivity contribution in [1.29, 1.82) is 0 Å². The second-order valence-corrected chi connectivity index (χ2v) is 9.29. The van der Waals surface area contributed by atoms with E-state index in [0.29, 0.717) is 59.9 Å². The van der Waals surface area contributed by atoms with Gasteiger partial charge in [-0.05, 0) is 76.4 Å². The molecule has 2 amide bonds. The van der Waals surface area contributed by atoms with Gasteiger partial charge in [0, 0.05) is 36.3 Å². The summed E-state index contributed by atoms with van der Waals surface area (Å²) in [6, 6.07) is 10.3. The number of ether oxygens (including phenoxy) is 3. The van der Waals surface area contributed by atoms with E-state index in [-0.39, 0.29) is 36.7 Å². The second kappa shape index (κ2) is 11.9. The molecule has 1 saturated heterocycles. The monoisotopic (exact) mass is 484 g/mol. The molecule has 1 heterocycles. The largest absolute Gasteiger partial charge is 0.497 e. The lowest BCUT2D eigenvalue weighted by Crippen LogP contribution is -2.46. The summed E-state index contributed by atoms with van der Waals surface area (Å²) >= 11 is 0. The fourth-order valence-electron chi connectivity index (χ4n) is 4.05. The Morgan fingerprint density at radius 1 is 0.914 bits per heavy atom. The molecule has 2 N–H and O–H groups in total. The normalized spacial score (nSPS) is 14.2. The van der Waals surface area contributed by atoms with Gasteiger partial charge in [-0.1, -0.05) is 0 Å². The van der Waals surface area contributed by atoms with Crippen molar-refractivity contribution in [3.63, 3.8) is 0 Å². The predicted octanol–water partition coefficient (Wildman–Crippen LogP) is 3.80. The number of piperidine rings is 1. The maximum Gasteiger partial charge on any atom is 0.254 e. The number of aliphatic hydroxyl groups is 1.